The highest BCUT2D eigenvalue weighted by molar-refractivity contribution is 5.93. The molecule has 1 aromatic carbocycles. The lowest BCUT2D eigenvalue weighted by atomic mass is 9.96. The topological polar surface area (TPSA) is 90.6 Å². The van der Waals surface area contributed by atoms with E-state index in [9.17, 15) is 9.59 Å². The molecule has 0 aliphatic heterocycles. The Morgan fingerprint density at radius 2 is 1.84 bits per heavy atom. The summed E-state index contributed by atoms with van der Waals surface area (Å²) in [5.74, 6) is -0.0419. The number of amides is 1. The summed E-state index contributed by atoms with van der Waals surface area (Å²) in [6.45, 7) is 5.40. The van der Waals surface area contributed by atoms with Crippen molar-refractivity contribution in [3.63, 3.8) is 0 Å². The largest absolute Gasteiger partial charge is 0.343 e. The Labute approximate surface area is 145 Å². The zero-order valence-electron chi connectivity index (χ0n) is 14.6. The van der Waals surface area contributed by atoms with Gasteiger partial charge < -0.3 is 4.98 Å². The van der Waals surface area contributed by atoms with Crippen LogP contribution in [0.5, 0.6) is 0 Å². The molecule has 6 nitrogen and oxygen atoms in total. The highest BCUT2D eigenvalue weighted by Gasteiger charge is 2.22. The monoisotopic (exact) mass is 338 g/mol. The van der Waals surface area contributed by atoms with Crippen molar-refractivity contribution in [2.75, 3.05) is 5.32 Å². The summed E-state index contributed by atoms with van der Waals surface area (Å²) in [6, 6.07) is 12.0. The van der Waals surface area contributed by atoms with Crippen molar-refractivity contribution in [1.82, 2.24) is 15.0 Å². The van der Waals surface area contributed by atoms with Crippen LogP contribution in [-0.4, -0.2) is 20.9 Å². The fraction of sp³-hybridized carbons (Fsp3) is 0.316. The first-order valence-corrected chi connectivity index (χ1v) is 8.30. The van der Waals surface area contributed by atoms with E-state index in [4.69, 9.17) is 0 Å². The van der Waals surface area contributed by atoms with Crippen LogP contribution < -0.4 is 10.9 Å². The minimum absolute atomic E-state index is 0.161. The lowest BCUT2D eigenvalue weighted by Gasteiger charge is -2.16. The van der Waals surface area contributed by atoms with Gasteiger partial charge in [0, 0.05) is 11.1 Å². The molecule has 6 heteroatoms. The minimum Gasteiger partial charge on any atom is -0.343 e. The summed E-state index contributed by atoms with van der Waals surface area (Å²) >= 11 is 0. The molecule has 2 heterocycles. The number of carbonyl (C=O) groups is 1. The van der Waals surface area contributed by atoms with Crippen molar-refractivity contribution < 1.29 is 4.79 Å². The normalized spacial score (nSPS) is 11.6. The third-order valence-electron chi connectivity index (χ3n) is 3.99. The number of hydrogen-bond acceptors (Lipinski definition) is 3. The fourth-order valence-electron chi connectivity index (χ4n) is 2.49. The Kier molecular flexibility index (Phi) is 4.44. The third-order valence-corrected chi connectivity index (χ3v) is 3.99. The van der Waals surface area contributed by atoms with Crippen LogP contribution in [0.1, 0.15) is 32.0 Å². The van der Waals surface area contributed by atoms with Crippen molar-refractivity contribution in [3.05, 3.63) is 58.0 Å². The number of H-pyrrole nitrogens is 2. The van der Waals surface area contributed by atoms with Crippen LogP contribution in [0.2, 0.25) is 0 Å². The number of carbonyl (C=O) groups excluding carboxylic acids is 1. The van der Waals surface area contributed by atoms with E-state index in [1.807, 2.05) is 24.3 Å². The summed E-state index contributed by atoms with van der Waals surface area (Å²) in [5.41, 5.74) is 1.83. The lowest BCUT2D eigenvalue weighted by Crippen LogP contribution is -2.29. The molecule has 25 heavy (non-hydrogen) atoms. The summed E-state index contributed by atoms with van der Waals surface area (Å²) < 4.78 is 0. The van der Waals surface area contributed by atoms with Gasteiger partial charge in [0.2, 0.25) is 11.9 Å². The summed E-state index contributed by atoms with van der Waals surface area (Å²) in [6.07, 6.45) is 1.66. The summed E-state index contributed by atoms with van der Waals surface area (Å²) in [7, 11) is 0. The van der Waals surface area contributed by atoms with Crippen molar-refractivity contribution in [2.24, 2.45) is 5.41 Å². The van der Waals surface area contributed by atoms with Gasteiger partial charge in [-0.05, 0) is 24.5 Å². The van der Waals surface area contributed by atoms with Crippen molar-refractivity contribution in [1.29, 1.82) is 0 Å². The van der Waals surface area contributed by atoms with Crippen LogP contribution in [0.3, 0.4) is 0 Å². The molecule has 0 spiro atoms. The summed E-state index contributed by atoms with van der Waals surface area (Å²) in [4.78, 5) is 34.4. The standard InChI is InChI=1S/C19H22N4O2/c1-19(2,3)17(25)23-18-21-15-14(16(24)22-18)11-13(20-15)10-9-12-7-5-4-6-8-12/h4-8,11H,9-10H2,1-3H3,(H3,20,21,22,23,24,25). The second kappa shape index (κ2) is 6.55. The predicted molar refractivity (Wildman–Crippen MR) is 98.6 cm³/mol. The van der Waals surface area contributed by atoms with Crippen LogP contribution >= 0.6 is 0 Å². The molecule has 0 bridgehead atoms. The molecule has 3 rings (SSSR count). The molecule has 130 valence electrons. The molecule has 0 atom stereocenters. The zero-order valence-corrected chi connectivity index (χ0v) is 14.6. The number of hydrogen-bond donors (Lipinski definition) is 3. The van der Waals surface area contributed by atoms with Crippen LogP contribution in [0, 0.1) is 5.41 Å². The number of aromatic amines is 2. The van der Waals surface area contributed by atoms with Gasteiger partial charge >= 0.3 is 0 Å². The fourth-order valence-corrected chi connectivity index (χ4v) is 2.49. The molecule has 0 radical (unpaired) electrons. The Hall–Kier alpha value is -2.89. The van der Waals surface area contributed by atoms with Gasteiger partial charge in [0.15, 0.2) is 0 Å². The average Bonchev–Trinajstić information content (AvgIpc) is 2.96. The van der Waals surface area contributed by atoms with Crippen molar-refractivity contribution in [3.8, 4) is 0 Å². The van der Waals surface area contributed by atoms with Crippen LogP contribution in [0.15, 0.2) is 41.2 Å². The van der Waals surface area contributed by atoms with Crippen LogP contribution in [0.4, 0.5) is 5.95 Å². The van der Waals surface area contributed by atoms with Gasteiger partial charge in [0.1, 0.15) is 5.65 Å². The van der Waals surface area contributed by atoms with Gasteiger partial charge in [-0.3, -0.25) is 19.9 Å². The number of aryl methyl sites for hydroxylation is 2. The van der Waals surface area contributed by atoms with E-state index in [1.54, 1.807) is 20.8 Å². The first-order chi connectivity index (χ1) is 11.8. The minimum atomic E-state index is -0.565. The lowest BCUT2D eigenvalue weighted by molar-refractivity contribution is -0.123. The average molecular weight is 338 g/mol. The van der Waals surface area contributed by atoms with Crippen molar-refractivity contribution >= 4 is 22.9 Å². The number of benzene rings is 1. The molecule has 0 fully saturated rings. The highest BCUT2D eigenvalue weighted by atomic mass is 16.2. The number of aromatic nitrogens is 3. The second-order valence-electron chi connectivity index (χ2n) is 7.16. The van der Waals surface area contributed by atoms with Gasteiger partial charge in [-0.15, -0.1) is 0 Å². The zero-order chi connectivity index (χ0) is 18.0. The smallest absolute Gasteiger partial charge is 0.261 e. The van der Waals surface area contributed by atoms with Gasteiger partial charge in [-0.1, -0.05) is 51.1 Å². The Bertz CT molecular complexity index is 949. The molecular weight excluding hydrogens is 316 g/mol. The Morgan fingerprint density at radius 1 is 1.12 bits per heavy atom. The van der Waals surface area contributed by atoms with Crippen LogP contribution in [0.25, 0.3) is 11.0 Å². The maximum absolute atomic E-state index is 12.3. The molecule has 0 saturated carbocycles. The molecule has 0 saturated heterocycles. The maximum Gasteiger partial charge on any atom is 0.261 e. The number of anilines is 1. The molecule has 3 aromatic rings. The molecule has 0 unspecified atom stereocenters. The quantitative estimate of drug-likeness (QED) is 0.683. The number of fused-ring (bicyclic) bond motifs is 1. The van der Waals surface area contributed by atoms with E-state index in [2.05, 4.69) is 32.4 Å². The van der Waals surface area contributed by atoms with Gasteiger partial charge in [0.05, 0.1) is 5.39 Å². The molecule has 3 N–H and O–H groups in total. The molecule has 1 amide bonds. The first-order valence-electron chi connectivity index (χ1n) is 8.30. The maximum atomic E-state index is 12.3. The number of nitrogens with zero attached hydrogens (tertiary/aromatic N) is 1. The van der Waals surface area contributed by atoms with E-state index in [0.29, 0.717) is 11.0 Å². The Morgan fingerprint density at radius 3 is 2.52 bits per heavy atom. The van der Waals surface area contributed by atoms with Gasteiger partial charge in [0.25, 0.3) is 5.56 Å². The van der Waals surface area contributed by atoms with E-state index in [0.717, 1.165) is 18.5 Å². The molecular formula is C19H22N4O2. The summed E-state index contributed by atoms with van der Waals surface area (Å²) in [5, 5.41) is 3.15. The number of rotatable bonds is 4. The predicted octanol–water partition coefficient (Wildman–Crippen LogP) is 3.02. The second-order valence-corrected chi connectivity index (χ2v) is 7.16. The van der Waals surface area contributed by atoms with E-state index >= 15 is 0 Å². The molecule has 0 aliphatic carbocycles. The van der Waals surface area contributed by atoms with E-state index in [1.165, 1.54) is 5.56 Å². The van der Waals surface area contributed by atoms with Gasteiger partial charge in [-0.2, -0.15) is 4.98 Å². The van der Waals surface area contributed by atoms with E-state index < -0.39 is 5.41 Å². The number of nitrogens with one attached hydrogen (secondary N) is 3. The highest BCUT2D eigenvalue weighted by Crippen LogP contribution is 2.17. The SMILES string of the molecule is CC(C)(C)C(=O)Nc1nc2[nH]c(CCc3ccccc3)cc2c(=O)[nH]1. The van der Waals surface area contributed by atoms with E-state index in [-0.39, 0.29) is 17.4 Å². The first kappa shape index (κ1) is 17.0. The molecule has 2 aromatic heterocycles. The van der Waals surface area contributed by atoms with Gasteiger partial charge in [-0.25, -0.2) is 0 Å². The molecule has 0 aliphatic rings. The van der Waals surface area contributed by atoms with Crippen molar-refractivity contribution in [2.45, 2.75) is 33.6 Å². The third kappa shape index (κ3) is 3.96. The van der Waals surface area contributed by atoms with Crippen LogP contribution in [-0.2, 0) is 17.6 Å². The Balaban J connectivity index is 1.81.